The zero-order valence-corrected chi connectivity index (χ0v) is 36.9. The SMILES string of the molecule is CC(C)(C)N(C(=O)O)C(CO)CO.CC(C)(C)OC(=O)NC(COCC(=O)N(C1CCCCC1)C1CCCCC1)COCC(=O)N(C1CCCCC1)C1CCCCC1. The summed E-state index contributed by atoms with van der Waals surface area (Å²) in [6.07, 6.45) is 21.3. The largest absolute Gasteiger partial charge is 0.465 e. The Morgan fingerprint density at radius 2 is 0.914 bits per heavy atom. The zero-order chi connectivity index (χ0) is 42.7. The van der Waals surface area contributed by atoms with Crippen LogP contribution in [0, 0.1) is 0 Å². The van der Waals surface area contributed by atoms with Gasteiger partial charge in [-0.1, -0.05) is 77.0 Å². The first-order chi connectivity index (χ1) is 27.6. The molecule has 4 fully saturated rings. The highest BCUT2D eigenvalue weighted by molar-refractivity contribution is 5.78. The molecule has 0 spiro atoms. The molecule has 14 nitrogen and oxygen atoms in total. The molecule has 0 heterocycles. The lowest BCUT2D eigenvalue weighted by molar-refractivity contribution is -0.144. The number of nitrogens with one attached hydrogen (secondary N) is 1. The van der Waals surface area contributed by atoms with Gasteiger partial charge in [-0.15, -0.1) is 0 Å². The summed E-state index contributed by atoms with van der Waals surface area (Å²) in [5.41, 5.74) is -1.27. The maximum Gasteiger partial charge on any atom is 0.408 e. The molecule has 14 heteroatoms. The van der Waals surface area contributed by atoms with E-state index in [0.29, 0.717) is 24.2 Å². The van der Waals surface area contributed by atoms with Crippen molar-refractivity contribution in [2.24, 2.45) is 0 Å². The fourth-order valence-electron chi connectivity index (χ4n) is 9.39. The second-order valence-electron chi connectivity index (χ2n) is 19.0. The molecule has 0 aromatic rings. The summed E-state index contributed by atoms with van der Waals surface area (Å²) >= 11 is 0. The van der Waals surface area contributed by atoms with Crippen molar-refractivity contribution in [3.63, 3.8) is 0 Å². The number of amides is 4. The number of carbonyl (C=O) groups is 4. The van der Waals surface area contributed by atoms with E-state index in [1.54, 1.807) is 20.8 Å². The van der Waals surface area contributed by atoms with Gasteiger partial charge in [0.15, 0.2) is 0 Å². The maximum absolute atomic E-state index is 13.6. The number of alkyl carbamates (subject to hydrolysis) is 1. The summed E-state index contributed by atoms with van der Waals surface area (Å²) in [4.78, 5) is 56.1. The van der Waals surface area contributed by atoms with Gasteiger partial charge in [0.2, 0.25) is 11.8 Å². The fourth-order valence-corrected chi connectivity index (χ4v) is 9.39. The van der Waals surface area contributed by atoms with Gasteiger partial charge in [0, 0.05) is 29.7 Å². The number of rotatable bonds is 16. The van der Waals surface area contributed by atoms with Crippen molar-refractivity contribution in [3.05, 3.63) is 0 Å². The average molecular weight is 825 g/mol. The van der Waals surface area contributed by atoms with E-state index in [1.807, 2.05) is 20.8 Å². The van der Waals surface area contributed by atoms with Crippen LogP contribution in [0.2, 0.25) is 0 Å². The van der Waals surface area contributed by atoms with Crippen LogP contribution in [0.1, 0.15) is 170 Å². The first kappa shape index (κ1) is 49.7. The minimum atomic E-state index is -1.14. The number of carboxylic acid groups (broad SMARTS) is 1. The van der Waals surface area contributed by atoms with Crippen LogP contribution in [0.25, 0.3) is 0 Å². The minimum Gasteiger partial charge on any atom is -0.465 e. The molecule has 0 aromatic heterocycles. The summed E-state index contributed by atoms with van der Waals surface area (Å²) in [6, 6.07) is -0.0782. The molecule has 4 saturated carbocycles. The predicted octanol–water partition coefficient (Wildman–Crippen LogP) is 7.02. The number of ether oxygens (including phenoxy) is 3. The molecule has 0 unspecified atom stereocenters. The van der Waals surface area contributed by atoms with E-state index in [4.69, 9.17) is 29.5 Å². The normalized spacial score (nSPS) is 19.3. The Labute approximate surface area is 349 Å². The average Bonchev–Trinajstić information content (AvgIpc) is 3.17. The molecule has 0 radical (unpaired) electrons. The van der Waals surface area contributed by atoms with E-state index in [9.17, 15) is 19.2 Å². The summed E-state index contributed by atoms with van der Waals surface area (Å²) in [6.45, 7) is 10.0. The molecule has 336 valence electrons. The van der Waals surface area contributed by atoms with Gasteiger partial charge >= 0.3 is 12.2 Å². The van der Waals surface area contributed by atoms with E-state index >= 15 is 0 Å². The van der Waals surface area contributed by atoms with Crippen LogP contribution in [0.3, 0.4) is 0 Å². The molecule has 0 aromatic carbocycles. The number of carbonyl (C=O) groups excluding carboxylic acids is 3. The van der Waals surface area contributed by atoms with Crippen LogP contribution in [-0.2, 0) is 23.8 Å². The standard InChI is InChI=1S/C36H63N3O6.C8H17NO4/c1-36(2,3)45-35(42)37-28(24-43-26-33(40)38(29-16-8-4-9-17-29)30-18-10-5-11-19-30)25-44-27-34(41)39(31-20-12-6-13-21-31)32-22-14-7-15-23-32;1-8(2,3)9(7(12)13)6(4-10)5-11/h28-32H,4-27H2,1-3H3,(H,37,42);6,10-11H,4-5H2,1-3H3,(H,12,13). The van der Waals surface area contributed by atoms with Gasteiger partial charge in [-0.2, -0.15) is 0 Å². The van der Waals surface area contributed by atoms with E-state index in [0.717, 1.165) is 56.3 Å². The van der Waals surface area contributed by atoms with Crippen molar-refractivity contribution >= 4 is 24.0 Å². The maximum atomic E-state index is 13.6. The number of hydrogen-bond donors (Lipinski definition) is 4. The summed E-state index contributed by atoms with van der Waals surface area (Å²) in [5, 5.41) is 29.4. The lowest BCUT2D eigenvalue weighted by Crippen LogP contribution is -2.54. The van der Waals surface area contributed by atoms with Gasteiger partial charge in [-0.05, 0) is 92.9 Å². The van der Waals surface area contributed by atoms with Gasteiger partial charge in [0.05, 0.1) is 38.5 Å². The van der Waals surface area contributed by atoms with Crippen molar-refractivity contribution in [1.82, 2.24) is 20.0 Å². The van der Waals surface area contributed by atoms with Crippen LogP contribution in [0.15, 0.2) is 0 Å². The van der Waals surface area contributed by atoms with Gasteiger partial charge in [-0.25, -0.2) is 9.59 Å². The second kappa shape index (κ2) is 25.2. The third kappa shape index (κ3) is 17.1. The van der Waals surface area contributed by atoms with Crippen LogP contribution in [0.4, 0.5) is 9.59 Å². The van der Waals surface area contributed by atoms with E-state index in [-0.39, 0.29) is 51.5 Å². The Balaban J connectivity index is 0.000000594. The Hall–Kier alpha value is -2.68. The topological polar surface area (TPSA) is 178 Å². The van der Waals surface area contributed by atoms with Crippen molar-refractivity contribution in [2.75, 3.05) is 39.6 Å². The quantitative estimate of drug-likeness (QED) is 0.127. The zero-order valence-electron chi connectivity index (χ0n) is 36.9. The van der Waals surface area contributed by atoms with Crippen LogP contribution in [0.5, 0.6) is 0 Å². The number of aliphatic hydroxyl groups is 2. The monoisotopic (exact) mass is 825 g/mol. The molecule has 4 rings (SSSR count). The Bertz CT molecular complexity index is 1120. The molecule has 4 aliphatic rings. The number of nitrogens with zero attached hydrogens (tertiary/aromatic N) is 3. The molecule has 4 aliphatic carbocycles. The Morgan fingerprint density at radius 1 is 0.586 bits per heavy atom. The lowest BCUT2D eigenvalue weighted by atomic mass is 9.88. The highest BCUT2D eigenvalue weighted by Crippen LogP contribution is 2.32. The third-order valence-electron chi connectivity index (χ3n) is 12.0. The van der Waals surface area contributed by atoms with Crippen molar-refractivity contribution in [2.45, 2.75) is 217 Å². The van der Waals surface area contributed by atoms with E-state index < -0.39 is 35.4 Å². The summed E-state index contributed by atoms with van der Waals surface area (Å²) in [7, 11) is 0. The first-order valence-electron chi connectivity index (χ1n) is 22.6. The second-order valence-corrected chi connectivity index (χ2v) is 19.0. The molecular weight excluding hydrogens is 745 g/mol. The smallest absolute Gasteiger partial charge is 0.408 e. The van der Waals surface area contributed by atoms with Gasteiger partial charge in [0.25, 0.3) is 0 Å². The molecule has 4 amide bonds. The molecule has 0 atom stereocenters. The highest BCUT2D eigenvalue weighted by atomic mass is 16.6. The van der Waals surface area contributed by atoms with Crippen LogP contribution < -0.4 is 5.32 Å². The molecule has 58 heavy (non-hydrogen) atoms. The van der Waals surface area contributed by atoms with Gasteiger partial charge in [0.1, 0.15) is 18.8 Å². The summed E-state index contributed by atoms with van der Waals surface area (Å²) in [5.74, 6) is 0.105. The lowest BCUT2D eigenvalue weighted by Gasteiger charge is -2.42. The number of aliphatic hydroxyl groups excluding tert-OH is 2. The highest BCUT2D eigenvalue weighted by Gasteiger charge is 2.35. The molecule has 0 bridgehead atoms. The third-order valence-corrected chi connectivity index (χ3v) is 12.0. The molecule has 4 N–H and O–H groups in total. The van der Waals surface area contributed by atoms with Gasteiger partial charge < -0.3 is 44.6 Å². The Morgan fingerprint density at radius 3 is 1.16 bits per heavy atom. The van der Waals surface area contributed by atoms with E-state index in [2.05, 4.69) is 15.1 Å². The minimum absolute atomic E-state index is 0.0183. The molecule has 0 saturated heterocycles. The predicted molar refractivity (Wildman–Crippen MR) is 224 cm³/mol. The van der Waals surface area contributed by atoms with E-state index in [1.165, 1.54) is 77.0 Å². The Kier molecular flexibility index (Phi) is 21.6. The molecule has 0 aliphatic heterocycles. The van der Waals surface area contributed by atoms with Crippen molar-refractivity contribution < 1.29 is 48.7 Å². The van der Waals surface area contributed by atoms with Crippen LogP contribution in [-0.4, -0.2) is 141 Å². The van der Waals surface area contributed by atoms with Crippen LogP contribution >= 0.6 is 0 Å². The number of hydrogen-bond acceptors (Lipinski definition) is 9. The van der Waals surface area contributed by atoms with Crippen molar-refractivity contribution in [1.29, 1.82) is 0 Å². The van der Waals surface area contributed by atoms with Gasteiger partial charge in [-0.3, -0.25) is 14.5 Å². The fraction of sp³-hybridized carbons (Fsp3) is 0.909. The van der Waals surface area contributed by atoms with Crippen molar-refractivity contribution in [3.8, 4) is 0 Å². The molecular formula is C44H80N4O10. The summed E-state index contributed by atoms with van der Waals surface area (Å²) < 4.78 is 17.5. The first-order valence-corrected chi connectivity index (χ1v) is 22.6.